The molecule has 6 heteroatoms. The van der Waals surface area contributed by atoms with Gasteiger partial charge in [-0.05, 0) is 5.56 Å². The highest BCUT2D eigenvalue weighted by Gasteiger charge is 2.27. The number of rotatable bonds is 6. The van der Waals surface area contributed by atoms with Crippen molar-refractivity contribution < 1.29 is 17.9 Å². The maximum Gasteiger partial charge on any atom is 0.306 e. The highest BCUT2D eigenvalue weighted by molar-refractivity contribution is 7.91. The van der Waals surface area contributed by atoms with Gasteiger partial charge in [0.05, 0.1) is 37.0 Å². The lowest BCUT2D eigenvalue weighted by molar-refractivity contribution is -0.140. The van der Waals surface area contributed by atoms with Crippen LogP contribution in [-0.2, 0) is 19.4 Å². The molecule has 19 heavy (non-hydrogen) atoms. The second kappa shape index (κ2) is 6.90. The van der Waals surface area contributed by atoms with E-state index in [-0.39, 0.29) is 18.6 Å². The van der Waals surface area contributed by atoms with E-state index in [1.165, 1.54) is 7.11 Å². The fourth-order valence-electron chi connectivity index (χ4n) is 1.67. The minimum Gasteiger partial charge on any atom is -0.469 e. The van der Waals surface area contributed by atoms with E-state index < -0.39 is 21.1 Å². The molecule has 0 radical (unpaired) electrons. The van der Waals surface area contributed by atoms with Gasteiger partial charge in [0, 0.05) is 0 Å². The number of benzene rings is 1. The topological polar surface area (TPSA) is 84.2 Å². The summed E-state index contributed by atoms with van der Waals surface area (Å²) < 4.78 is 28.8. The Morgan fingerprint density at radius 3 is 2.53 bits per heavy atom. The summed E-state index contributed by atoms with van der Waals surface area (Å²) in [6, 6.07) is 10.4. The Bertz CT molecular complexity index is 560. The summed E-state index contributed by atoms with van der Waals surface area (Å²) in [5.74, 6) is -0.895. The highest BCUT2D eigenvalue weighted by Crippen LogP contribution is 2.26. The van der Waals surface area contributed by atoms with E-state index in [0.29, 0.717) is 5.56 Å². The smallest absolute Gasteiger partial charge is 0.306 e. The van der Waals surface area contributed by atoms with E-state index in [1.807, 2.05) is 6.07 Å². The van der Waals surface area contributed by atoms with Crippen LogP contribution in [0.5, 0.6) is 0 Å². The number of nitriles is 1. The van der Waals surface area contributed by atoms with Crippen molar-refractivity contribution in [2.45, 2.75) is 18.1 Å². The third-order valence-electron chi connectivity index (χ3n) is 2.70. The van der Waals surface area contributed by atoms with Gasteiger partial charge in [-0.3, -0.25) is 4.79 Å². The van der Waals surface area contributed by atoms with Crippen molar-refractivity contribution in [3.8, 4) is 6.07 Å². The maximum absolute atomic E-state index is 12.2. The van der Waals surface area contributed by atoms with E-state index in [4.69, 9.17) is 5.26 Å². The monoisotopic (exact) mass is 281 g/mol. The molecule has 0 saturated carbocycles. The number of hydrogen-bond acceptors (Lipinski definition) is 5. The van der Waals surface area contributed by atoms with E-state index in [2.05, 4.69) is 4.74 Å². The van der Waals surface area contributed by atoms with Gasteiger partial charge in [-0.15, -0.1) is 0 Å². The molecule has 1 atom stereocenters. The van der Waals surface area contributed by atoms with E-state index >= 15 is 0 Å². The Balaban J connectivity index is 2.93. The first-order chi connectivity index (χ1) is 9.01. The molecular weight excluding hydrogens is 266 g/mol. The summed E-state index contributed by atoms with van der Waals surface area (Å²) in [6.07, 6.45) is -0.332. The SMILES string of the molecule is COC(=O)CCS(=O)(=O)C(CC#N)c1ccccc1. The maximum atomic E-state index is 12.2. The van der Waals surface area contributed by atoms with Crippen molar-refractivity contribution in [2.75, 3.05) is 12.9 Å². The molecule has 0 heterocycles. The lowest BCUT2D eigenvalue weighted by Crippen LogP contribution is -2.19. The molecule has 5 nitrogen and oxygen atoms in total. The van der Waals surface area contributed by atoms with Gasteiger partial charge in [0.15, 0.2) is 9.84 Å². The minimum absolute atomic E-state index is 0.131. The zero-order valence-corrected chi connectivity index (χ0v) is 11.4. The first-order valence-electron chi connectivity index (χ1n) is 5.71. The molecular formula is C13H15NO4S. The minimum atomic E-state index is -3.57. The summed E-state index contributed by atoms with van der Waals surface area (Å²) in [6.45, 7) is 0. The molecule has 0 saturated heterocycles. The molecule has 1 aromatic rings. The van der Waals surface area contributed by atoms with Crippen LogP contribution >= 0.6 is 0 Å². The number of esters is 1. The lowest BCUT2D eigenvalue weighted by Gasteiger charge is -2.14. The quantitative estimate of drug-likeness (QED) is 0.740. The third-order valence-corrected chi connectivity index (χ3v) is 4.78. The van der Waals surface area contributed by atoms with Gasteiger partial charge in [-0.2, -0.15) is 5.26 Å². The highest BCUT2D eigenvalue weighted by atomic mass is 32.2. The van der Waals surface area contributed by atoms with Crippen molar-refractivity contribution in [3.05, 3.63) is 35.9 Å². The Morgan fingerprint density at radius 1 is 1.37 bits per heavy atom. The zero-order chi connectivity index (χ0) is 14.3. The molecule has 1 aromatic carbocycles. The Kier molecular flexibility index (Phi) is 5.52. The van der Waals surface area contributed by atoms with Crippen molar-refractivity contribution in [1.82, 2.24) is 0 Å². The lowest BCUT2D eigenvalue weighted by atomic mass is 10.1. The predicted molar refractivity (Wildman–Crippen MR) is 69.8 cm³/mol. The Morgan fingerprint density at radius 2 is 2.00 bits per heavy atom. The average molecular weight is 281 g/mol. The summed E-state index contributed by atoms with van der Waals surface area (Å²) in [4.78, 5) is 11.0. The summed E-state index contributed by atoms with van der Waals surface area (Å²) in [7, 11) is -2.36. The van der Waals surface area contributed by atoms with Crippen molar-refractivity contribution in [2.24, 2.45) is 0 Å². The number of carbonyl (C=O) groups is 1. The molecule has 0 fully saturated rings. The van der Waals surface area contributed by atoms with Crippen LogP contribution in [0.25, 0.3) is 0 Å². The van der Waals surface area contributed by atoms with Crippen LogP contribution in [0, 0.1) is 11.3 Å². The van der Waals surface area contributed by atoms with Crippen LogP contribution < -0.4 is 0 Å². The van der Waals surface area contributed by atoms with Gasteiger partial charge in [0.25, 0.3) is 0 Å². The number of sulfone groups is 1. The van der Waals surface area contributed by atoms with Gasteiger partial charge in [0.1, 0.15) is 0 Å². The number of methoxy groups -OCH3 is 1. The van der Waals surface area contributed by atoms with Crippen LogP contribution in [-0.4, -0.2) is 27.2 Å². The number of hydrogen-bond donors (Lipinski definition) is 0. The fraction of sp³-hybridized carbons (Fsp3) is 0.385. The van der Waals surface area contributed by atoms with Crippen LogP contribution in [0.2, 0.25) is 0 Å². The Labute approximate surface area is 112 Å². The molecule has 1 rings (SSSR count). The second-order valence-electron chi connectivity index (χ2n) is 3.95. The van der Waals surface area contributed by atoms with Crippen molar-refractivity contribution >= 4 is 15.8 Å². The molecule has 0 aliphatic carbocycles. The second-order valence-corrected chi connectivity index (χ2v) is 6.26. The molecule has 102 valence electrons. The largest absolute Gasteiger partial charge is 0.469 e. The van der Waals surface area contributed by atoms with Crippen molar-refractivity contribution in [1.29, 1.82) is 5.26 Å². The van der Waals surface area contributed by atoms with E-state index in [9.17, 15) is 13.2 Å². The van der Waals surface area contributed by atoms with Crippen LogP contribution in [0.3, 0.4) is 0 Å². The molecule has 0 aromatic heterocycles. The number of carbonyl (C=O) groups excluding carboxylic acids is 1. The van der Waals surface area contributed by atoms with Crippen molar-refractivity contribution in [3.63, 3.8) is 0 Å². The van der Waals surface area contributed by atoms with Crippen LogP contribution in [0.1, 0.15) is 23.7 Å². The Hall–Kier alpha value is -1.87. The molecule has 0 spiro atoms. The summed E-state index contributed by atoms with van der Waals surface area (Å²) in [5, 5.41) is 7.88. The number of ether oxygens (including phenoxy) is 1. The van der Waals surface area contributed by atoms with E-state index in [1.54, 1.807) is 30.3 Å². The average Bonchev–Trinajstić information content (AvgIpc) is 2.43. The molecule has 0 N–H and O–H groups in total. The first kappa shape index (κ1) is 15.2. The first-order valence-corrected chi connectivity index (χ1v) is 7.43. The summed E-state index contributed by atoms with van der Waals surface area (Å²) in [5.41, 5.74) is 0.564. The zero-order valence-electron chi connectivity index (χ0n) is 10.6. The van der Waals surface area contributed by atoms with Crippen LogP contribution in [0.4, 0.5) is 0 Å². The molecule has 0 aliphatic rings. The van der Waals surface area contributed by atoms with Gasteiger partial charge in [0.2, 0.25) is 0 Å². The van der Waals surface area contributed by atoms with Gasteiger partial charge in [-0.1, -0.05) is 30.3 Å². The predicted octanol–water partition coefficient (Wildman–Crippen LogP) is 1.62. The van der Waals surface area contributed by atoms with Gasteiger partial charge in [-0.25, -0.2) is 8.42 Å². The van der Waals surface area contributed by atoms with Crippen LogP contribution in [0.15, 0.2) is 30.3 Å². The van der Waals surface area contributed by atoms with E-state index in [0.717, 1.165) is 0 Å². The van der Waals surface area contributed by atoms with Gasteiger partial charge >= 0.3 is 5.97 Å². The number of nitrogens with zero attached hydrogens (tertiary/aromatic N) is 1. The summed E-state index contributed by atoms with van der Waals surface area (Å²) >= 11 is 0. The fourth-order valence-corrected chi connectivity index (χ4v) is 3.31. The molecule has 0 aliphatic heterocycles. The van der Waals surface area contributed by atoms with Gasteiger partial charge < -0.3 is 4.74 Å². The standard InChI is InChI=1S/C13H15NO4S/c1-18-13(15)8-10-19(16,17)12(7-9-14)11-5-3-2-4-6-11/h2-6,12H,7-8,10H2,1H3. The molecule has 0 bridgehead atoms. The molecule has 0 amide bonds. The normalized spacial score (nSPS) is 12.4. The third kappa shape index (κ3) is 4.38. The molecule has 1 unspecified atom stereocenters.